The van der Waals surface area contributed by atoms with Gasteiger partial charge in [0.25, 0.3) is 0 Å². The van der Waals surface area contributed by atoms with Gasteiger partial charge in [-0.1, -0.05) is 12.5 Å². The van der Waals surface area contributed by atoms with Gasteiger partial charge in [-0.15, -0.1) is 0 Å². The molecule has 1 N–H and O–H groups in total. The SMILES string of the molecule is OCC1=CCCCCC1. The van der Waals surface area contributed by atoms with E-state index in [4.69, 9.17) is 5.11 Å². The van der Waals surface area contributed by atoms with Gasteiger partial charge >= 0.3 is 0 Å². The van der Waals surface area contributed by atoms with Gasteiger partial charge < -0.3 is 5.11 Å². The van der Waals surface area contributed by atoms with Crippen molar-refractivity contribution >= 4 is 0 Å². The second-order valence-corrected chi connectivity index (χ2v) is 2.62. The van der Waals surface area contributed by atoms with Crippen LogP contribution in [-0.4, -0.2) is 11.7 Å². The minimum absolute atomic E-state index is 0.278. The molecule has 0 saturated carbocycles. The highest BCUT2D eigenvalue weighted by Gasteiger charge is 1.99. The Kier molecular flexibility index (Phi) is 2.78. The fourth-order valence-electron chi connectivity index (χ4n) is 1.23. The summed E-state index contributed by atoms with van der Waals surface area (Å²) in [4.78, 5) is 0. The lowest BCUT2D eigenvalue weighted by Crippen LogP contribution is -1.87. The first-order chi connectivity index (χ1) is 4.43. The Balaban J connectivity index is 2.37. The lowest BCUT2D eigenvalue weighted by Gasteiger charge is -1.96. The van der Waals surface area contributed by atoms with E-state index in [0.717, 1.165) is 6.42 Å². The Labute approximate surface area is 56.4 Å². The van der Waals surface area contributed by atoms with Gasteiger partial charge in [-0.3, -0.25) is 0 Å². The van der Waals surface area contributed by atoms with Crippen LogP contribution in [0, 0.1) is 0 Å². The van der Waals surface area contributed by atoms with Gasteiger partial charge in [-0.25, -0.2) is 0 Å². The zero-order valence-electron chi connectivity index (χ0n) is 5.77. The first kappa shape index (κ1) is 6.81. The molecular weight excluding hydrogens is 112 g/mol. The molecule has 1 aliphatic carbocycles. The highest BCUT2D eigenvalue weighted by atomic mass is 16.3. The second kappa shape index (κ2) is 3.67. The molecule has 52 valence electrons. The summed E-state index contributed by atoms with van der Waals surface area (Å²) in [5.41, 5.74) is 1.24. The van der Waals surface area contributed by atoms with Gasteiger partial charge in [0.05, 0.1) is 6.61 Å². The van der Waals surface area contributed by atoms with Crippen LogP contribution in [0.5, 0.6) is 0 Å². The normalized spacial score (nSPS) is 20.8. The van der Waals surface area contributed by atoms with Crippen LogP contribution >= 0.6 is 0 Å². The topological polar surface area (TPSA) is 20.2 Å². The standard InChI is InChI=1S/C8H14O/c9-7-8-5-3-1-2-4-6-8/h5,9H,1-4,6-7H2. The summed E-state index contributed by atoms with van der Waals surface area (Å²) < 4.78 is 0. The van der Waals surface area contributed by atoms with Crippen LogP contribution in [-0.2, 0) is 0 Å². The van der Waals surface area contributed by atoms with E-state index < -0.39 is 0 Å². The fourth-order valence-corrected chi connectivity index (χ4v) is 1.23. The highest BCUT2D eigenvalue weighted by Crippen LogP contribution is 2.15. The van der Waals surface area contributed by atoms with Gasteiger partial charge in [0.1, 0.15) is 0 Å². The van der Waals surface area contributed by atoms with E-state index in [1.165, 1.54) is 31.3 Å². The molecule has 0 aromatic carbocycles. The quantitative estimate of drug-likeness (QED) is 0.532. The summed E-state index contributed by atoms with van der Waals surface area (Å²) in [7, 11) is 0. The van der Waals surface area contributed by atoms with Crippen LogP contribution in [0.1, 0.15) is 32.1 Å². The molecule has 1 aliphatic rings. The minimum Gasteiger partial charge on any atom is -0.392 e. The van der Waals surface area contributed by atoms with E-state index in [0.29, 0.717) is 0 Å². The molecule has 0 spiro atoms. The summed E-state index contributed by atoms with van der Waals surface area (Å²) in [6.07, 6.45) is 8.40. The molecule has 0 aromatic heterocycles. The second-order valence-electron chi connectivity index (χ2n) is 2.62. The maximum Gasteiger partial charge on any atom is 0.0641 e. The van der Waals surface area contributed by atoms with Crippen molar-refractivity contribution in [2.75, 3.05) is 6.61 Å². The Morgan fingerprint density at radius 2 is 2.22 bits per heavy atom. The van der Waals surface area contributed by atoms with Gasteiger partial charge in [-0.2, -0.15) is 0 Å². The van der Waals surface area contributed by atoms with Crippen molar-refractivity contribution < 1.29 is 5.11 Å². The fraction of sp³-hybridized carbons (Fsp3) is 0.750. The summed E-state index contributed by atoms with van der Waals surface area (Å²) in [5, 5.41) is 8.75. The summed E-state index contributed by atoms with van der Waals surface area (Å²) in [5.74, 6) is 0. The Hall–Kier alpha value is -0.300. The van der Waals surface area contributed by atoms with Crippen molar-refractivity contribution in [3.8, 4) is 0 Å². The third-order valence-corrected chi connectivity index (χ3v) is 1.84. The average molecular weight is 126 g/mol. The number of aliphatic hydroxyl groups excluding tert-OH is 1. The molecule has 0 radical (unpaired) electrons. The van der Waals surface area contributed by atoms with E-state index >= 15 is 0 Å². The summed E-state index contributed by atoms with van der Waals surface area (Å²) in [6, 6.07) is 0. The summed E-state index contributed by atoms with van der Waals surface area (Å²) in [6.45, 7) is 0.278. The Bertz CT molecular complexity index is 105. The molecule has 0 saturated heterocycles. The molecule has 1 rings (SSSR count). The average Bonchev–Trinajstić information content (AvgIpc) is 2.13. The zero-order chi connectivity index (χ0) is 6.53. The highest BCUT2D eigenvalue weighted by molar-refractivity contribution is 5.03. The molecule has 1 heteroatoms. The molecule has 0 heterocycles. The largest absolute Gasteiger partial charge is 0.392 e. The van der Waals surface area contributed by atoms with Crippen LogP contribution in [0.15, 0.2) is 11.6 Å². The molecule has 0 aromatic rings. The van der Waals surface area contributed by atoms with Crippen LogP contribution in [0.25, 0.3) is 0 Å². The predicted molar refractivity (Wildman–Crippen MR) is 38.3 cm³/mol. The van der Waals surface area contributed by atoms with E-state index in [2.05, 4.69) is 6.08 Å². The molecule has 0 fully saturated rings. The van der Waals surface area contributed by atoms with Crippen LogP contribution < -0.4 is 0 Å². The molecule has 1 nitrogen and oxygen atoms in total. The third-order valence-electron chi connectivity index (χ3n) is 1.84. The van der Waals surface area contributed by atoms with Crippen molar-refractivity contribution in [1.82, 2.24) is 0 Å². The van der Waals surface area contributed by atoms with Crippen LogP contribution in [0.2, 0.25) is 0 Å². The third kappa shape index (κ3) is 2.19. The van der Waals surface area contributed by atoms with Crippen molar-refractivity contribution in [2.24, 2.45) is 0 Å². The lowest BCUT2D eigenvalue weighted by atomic mass is 10.1. The molecule has 0 atom stereocenters. The monoisotopic (exact) mass is 126 g/mol. The zero-order valence-corrected chi connectivity index (χ0v) is 5.77. The van der Waals surface area contributed by atoms with E-state index in [1.54, 1.807) is 0 Å². The number of aliphatic hydroxyl groups is 1. The predicted octanol–water partition coefficient (Wildman–Crippen LogP) is 1.87. The first-order valence-corrected chi connectivity index (χ1v) is 3.72. The van der Waals surface area contributed by atoms with Crippen molar-refractivity contribution in [3.63, 3.8) is 0 Å². The molecule has 0 bridgehead atoms. The lowest BCUT2D eigenvalue weighted by molar-refractivity contribution is 0.326. The first-order valence-electron chi connectivity index (χ1n) is 3.72. The van der Waals surface area contributed by atoms with Crippen molar-refractivity contribution in [1.29, 1.82) is 0 Å². The minimum atomic E-state index is 0.278. The number of allylic oxidation sites excluding steroid dienone is 1. The smallest absolute Gasteiger partial charge is 0.0641 e. The van der Waals surface area contributed by atoms with Gasteiger partial charge in [0.2, 0.25) is 0 Å². The van der Waals surface area contributed by atoms with E-state index in [9.17, 15) is 0 Å². The van der Waals surface area contributed by atoms with Crippen LogP contribution in [0.4, 0.5) is 0 Å². The molecular formula is C8H14O. The number of hydrogen-bond donors (Lipinski definition) is 1. The maximum atomic E-state index is 8.75. The maximum absolute atomic E-state index is 8.75. The Morgan fingerprint density at radius 3 is 3.00 bits per heavy atom. The molecule has 0 aliphatic heterocycles. The van der Waals surface area contributed by atoms with Gasteiger partial charge in [0, 0.05) is 0 Å². The summed E-state index contributed by atoms with van der Waals surface area (Å²) >= 11 is 0. The Morgan fingerprint density at radius 1 is 1.33 bits per heavy atom. The van der Waals surface area contributed by atoms with Gasteiger partial charge in [0.15, 0.2) is 0 Å². The molecule has 9 heavy (non-hydrogen) atoms. The number of rotatable bonds is 1. The molecule has 0 amide bonds. The molecule has 0 unspecified atom stereocenters. The van der Waals surface area contributed by atoms with Crippen molar-refractivity contribution in [3.05, 3.63) is 11.6 Å². The number of hydrogen-bond acceptors (Lipinski definition) is 1. The van der Waals surface area contributed by atoms with E-state index in [-0.39, 0.29) is 6.61 Å². The van der Waals surface area contributed by atoms with Crippen LogP contribution in [0.3, 0.4) is 0 Å². The van der Waals surface area contributed by atoms with Gasteiger partial charge in [-0.05, 0) is 31.3 Å². The van der Waals surface area contributed by atoms with Crippen molar-refractivity contribution in [2.45, 2.75) is 32.1 Å². The van der Waals surface area contributed by atoms with E-state index in [1.807, 2.05) is 0 Å².